The summed E-state index contributed by atoms with van der Waals surface area (Å²) >= 11 is 0. The zero-order chi connectivity index (χ0) is 27.2. The molecule has 0 spiro atoms. The van der Waals surface area contributed by atoms with Crippen LogP contribution in [0, 0.1) is 5.92 Å². The number of hydrogen-bond donors (Lipinski definition) is 1. The predicted molar refractivity (Wildman–Crippen MR) is 153 cm³/mol. The van der Waals surface area contributed by atoms with Crippen molar-refractivity contribution in [2.24, 2.45) is 5.92 Å². The van der Waals surface area contributed by atoms with Crippen molar-refractivity contribution in [2.45, 2.75) is 39.7 Å². The maximum absolute atomic E-state index is 13.3. The van der Waals surface area contributed by atoms with Gasteiger partial charge in [-0.05, 0) is 54.7 Å². The molecule has 202 valence electrons. The van der Waals surface area contributed by atoms with Gasteiger partial charge in [0, 0.05) is 56.0 Å². The minimum absolute atomic E-state index is 0.0166. The van der Waals surface area contributed by atoms with Crippen molar-refractivity contribution in [3.05, 3.63) is 84.1 Å². The van der Waals surface area contributed by atoms with Gasteiger partial charge in [0.15, 0.2) is 5.65 Å². The number of benzene rings is 2. The van der Waals surface area contributed by atoms with Gasteiger partial charge in [0.2, 0.25) is 11.9 Å². The molecule has 1 aliphatic carbocycles. The standard InChI is InChI=1S/C29H30N6O2.C2H6/c36-27(23-11-12-23)31-29-30-26-25(8-4-17-35(26)32-29)22-9-13-24(14-10-22)28(37)34-16-5-15-33(18-19-34)20-21-6-2-1-3-7-21;1-2/h1-4,6-10,13-14,17,23H,5,11-12,15-16,18-20H2,(H,31,32,36);1-2H3. The molecule has 0 bridgehead atoms. The maximum atomic E-state index is 13.3. The molecule has 8 heteroatoms. The van der Waals surface area contributed by atoms with Crippen LogP contribution in [-0.2, 0) is 11.3 Å². The number of hydrogen-bond acceptors (Lipinski definition) is 5. The lowest BCUT2D eigenvalue weighted by Gasteiger charge is -2.22. The molecule has 39 heavy (non-hydrogen) atoms. The lowest BCUT2D eigenvalue weighted by atomic mass is 10.0. The highest BCUT2D eigenvalue weighted by Gasteiger charge is 2.30. The molecule has 2 amide bonds. The van der Waals surface area contributed by atoms with Gasteiger partial charge >= 0.3 is 0 Å². The molecule has 1 N–H and O–H groups in total. The van der Waals surface area contributed by atoms with Crippen LogP contribution in [0.3, 0.4) is 0 Å². The molecule has 0 radical (unpaired) electrons. The molecule has 6 rings (SSSR count). The van der Waals surface area contributed by atoms with Gasteiger partial charge in [-0.1, -0.05) is 56.3 Å². The molecule has 2 fully saturated rings. The molecule has 3 heterocycles. The second-order valence-corrected chi connectivity index (χ2v) is 9.87. The Labute approximate surface area is 229 Å². The molecule has 2 aliphatic rings. The summed E-state index contributed by atoms with van der Waals surface area (Å²) in [6.45, 7) is 8.26. The Morgan fingerprint density at radius 2 is 1.67 bits per heavy atom. The Kier molecular flexibility index (Phi) is 8.32. The number of carbonyl (C=O) groups is 2. The van der Waals surface area contributed by atoms with E-state index >= 15 is 0 Å². The molecule has 0 unspecified atom stereocenters. The Bertz CT molecular complexity index is 1410. The molecule has 0 atom stereocenters. The number of pyridine rings is 1. The van der Waals surface area contributed by atoms with Crippen molar-refractivity contribution in [1.29, 1.82) is 0 Å². The minimum Gasteiger partial charge on any atom is -0.337 e. The van der Waals surface area contributed by atoms with Crippen LogP contribution in [0.5, 0.6) is 0 Å². The fourth-order valence-electron chi connectivity index (χ4n) is 4.89. The summed E-state index contributed by atoms with van der Waals surface area (Å²) in [6.07, 6.45) is 4.64. The fraction of sp³-hybridized carbons (Fsp3) is 0.355. The van der Waals surface area contributed by atoms with Crippen LogP contribution in [-0.4, -0.2) is 62.4 Å². The zero-order valence-corrected chi connectivity index (χ0v) is 22.7. The second-order valence-electron chi connectivity index (χ2n) is 9.87. The lowest BCUT2D eigenvalue weighted by molar-refractivity contribution is -0.117. The van der Waals surface area contributed by atoms with Gasteiger partial charge in [-0.15, -0.1) is 5.10 Å². The summed E-state index contributed by atoms with van der Waals surface area (Å²) in [6, 6.07) is 22.1. The number of aromatic nitrogens is 3. The van der Waals surface area contributed by atoms with E-state index in [9.17, 15) is 9.59 Å². The van der Waals surface area contributed by atoms with E-state index in [1.807, 2.05) is 67.4 Å². The molecule has 2 aromatic heterocycles. The van der Waals surface area contributed by atoms with Crippen LogP contribution in [0.2, 0.25) is 0 Å². The van der Waals surface area contributed by atoms with E-state index in [0.29, 0.717) is 17.2 Å². The van der Waals surface area contributed by atoms with Gasteiger partial charge in [0.05, 0.1) is 0 Å². The van der Waals surface area contributed by atoms with Crippen LogP contribution in [0.15, 0.2) is 72.9 Å². The van der Waals surface area contributed by atoms with E-state index in [4.69, 9.17) is 0 Å². The zero-order valence-electron chi connectivity index (χ0n) is 22.7. The molecular weight excluding hydrogens is 488 g/mol. The van der Waals surface area contributed by atoms with Crippen LogP contribution < -0.4 is 5.32 Å². The van der Waals surface area contributed by atoms with E-state index < -0.39 is 0 Å². The average molecular weight is 525 g/mol. The van der Waals surface area contributed by atoms with E-state index in [1.54, 1.807) is 4.52 Å². The SMILES string of the molecule is CC.O=C(Nc1nc2c(-c3ccc(C(=O)N4CCCN(Cc5ccccc5)CC4)cc3)cccn2n1)C1CC1. The topological polar surface area (TPSA) is 82.8 Å². The van der Waals surface area contributed by atoms with Crippen molar-refractivity contribution in [3.63, 3.8) is 0 Å². The lowest BCUT2D eigenvalue weighted by Crippen LogP contribution is -2.35. The van der Waals surface area contributed by atoms with E-state index in [0.717, 1.165) is 63.1 Å². The monoisotopic (exact) mass is 524 g/mol. The third-order valence-electron chi connectivity index (χ3n) is 7.11. The number of fused-ring (bicyclic) bond motifs is 1. The highest BCUT2D eigenvalue weighted by atomic mass is 16.2. The summed E-state index contributed by atoms with van der Waals surface area (Å²) < 4.78 is 1.68. The number of carbonyl (C=O) groups excluding carboxylic acids is 2. The molecule has 1 saturated heterocycles. The van der Waals surface area contributed by atoms with Crippen molar-refractivity contribution in [1.82, 2.24) is 24.4 Å². The molecule has 1 saturated carbocycles. The minimum atomic E-state index is -0.0166. The van der Waals surface area contributed by atoms with E-state index in [2.05, 4.69) is 44.6 Å². The first kappa shape index (κ1) is 26.6. The summed E-state index contributed by atoms with van der Waals surface area (Å²) in [5.41, 5.74) is 4.49. The van der Waals surface area contributed by atoms with Crippen LogP contribution in [0.1, 0.15) is 49.0 Å². The number of anilines is 1. The molecule has 8 nitrogen and oxygen atoms in total. The number of nitrogens with zero attached hydrogens (tertiary/aromatic N) is 5. The number of nitrogens with one attached hydrogen (secondary N) is 1. The van der Waals surface area contributed by atoms with Crippen LogP contribution in [0.25, 0.3) is 16.8 Å². The van der Waals surface area contributed by atoms with E-state index in [1.165, 1.54) is 5.56 Å². The normalized spacial score (nSPS) is 15.8. The van der Waals surface area contributed by atoms with Crippen molar-refractivity contribution in [2.75, 3.05) is 31.5 Å². The largest absolute Gasteiger partial charge is 0.337 e. The first-order valence-electron chi connectivity index (χ1n) is 14.0. The maximum Gasteiger partial charge on any atom is 0.253 e. The summed E-state index contributed by atoms with van der Waals surface area (Å²) in [5.74, 6) is 0.460. The summed E-state index contributed by atoms with van der Waals surface area (Å²) in [4.78, 5) is 34.4. The average Bonchev–Trinajstić information content (AvgIpc) is 3.79. The Balaban J connectivity index is 0.00000151. The van der Waals surface area contributed by atoms with Crippen molar-refractivity contribution in [3.8, 4) is 11.1 Å². The van der Waals surface area contributed by atoms with Gasteiger partial charge in [-0.2, -0.15) is 4.98 Å². The van der Waals surface area contributed by atoms with Gasteiger partial charge in [-0.25, -0.2) is 4.52 Å². The highest BCUT2D eigenvalue weighted by Crippen LogP contribution is 2.30. The molecule has 4 aromatic rings. The van der Waals surface area contributed by atoms with Gasteiger partial charge in [0.1, 0.15) is 0 Å². The first-order chi connectivity index (χ1) is 19.1. The smallest absolute Gasteiger partial charge is 0.253 e. The van der Waals surface area contributed by atoms with Gasteiger partial charge in [-0.3, -0.25) is 19.8 Å². The van der Waals surface area contributed by atoms with Gasteiger partial charge < -0.3 is 4.90 Å². The third-order valence-corrected chi connectivity index (χ3v) is 7.11. The first-order valence-corrected chi connectivity index (χ1v) is 14.0. The number of rotatable bonds is 6. The Morgan fingerprint density at radius 1 is 0.897 bits per heavy atom. The van der Waals surface area contributed by atoms with Crippen molar-refractivity contribution >= 4 is 23.4 Å². The Morgan fingerprint density at radius 3 is 2.41 bits per heavy atom. The quantitative estimate of drug-likeness (QED) is 0.379. The summed E-state index contributed by atoms with van der Waals surface area (Å²) in [5, 5.41) is 7.22. The number of amides is 2. The Hall–Kier alpha value is -4.04. The molecule has 1 aliphatic heterocycles. The van der Waals surface area contributed by atoms with Crippen LogP contribution in [0.4, 0.5) is 5.95 Å². The van der Waals surface area contributed by atoms with Crippen molar-refractivity contribution < 1.29 is 9.59 Å². The fourth-order valence-corrected chi connectivity index (χ4v) is 4.89. The second kappa shape index (κ2) is 12.2. The molecule has 2 aromatic carbocycles. The van der Waals surface area contributed by atoms with E-state index in [-0.39, 0.29) is 17.7 Å². The van der Waals surface area contributed by atoms with Crippen LogP contribution >= 0.6 is 0 Å². The predicted octanol–water partition coefficient (Wildman–Crippen LogP) is 5.12. The summed E-state index contributed by atoms with van der Waals surface area (Å²) in [7, 11) is 0. The third kappa shape index (κ3) is 6.34. The highest BCUT2D eigenvalue weighted by molar-refractivity contribution is 5.95. The molecular formula is C31H36N6O2. The van der Waals surface area contributed by atoms with Gasteiger partial charge in [0.25, 0.3) is 5.91 Å².